The van der Waals surface area contributed by atoms with E-state index in [0.29, 0.717) is 11.5 Å². The van der Waals surface area contributed by atoms with Gasteiger partial charge in [-0.2, -0.15) is 0 Å². The molecule has 17 heavy (non-hydrogen) atoms. The van der Waals surface area contributed by atoms with E-state index in [-0.39, 0.29) is 19.6 Å². The summed E-state index contributed by atoms with van der Waals surface area (Å²) in [7, 11) is 0. The molecule has 1 rings (SSSR count). The highest BCUT2D eigenvalue weighted by Gasteiger charge is 2.14. The number of anilines is 1. The average Bonchev–Trinajstić information content (AvgIpc) is 2.14. The molecule has 0 saturated heterocycles. The summed E-state index contributed by atoms with van der Waals surface area (Å²) in [4.78, 5) is 26.4. The summed E-state index contributed by atoms with van der Waals surface area (Å²) in [6.07, 6.45) is 0. The smallest absolute Gasteiger partial charge is 0.317 e. The zero-order valence-corrected chi connectivity index (χ0v) is 9.04. The van der Waals surface area contributed by atoms with Gasteiger partial charge >= 0.3 is 11.9 Å². The number of carbonyl (C=O) groups is 2. The van der Waals surface area contributed by atoms with Gasteiger partial charge in [0.1, 0.15) is 5.82 Å². The molecule has 1 aromatic heterocycles. The van der Waals surface area contributed by atoms with Gasteiger partial charge in [0.25, 0.3) is 0 Å². The monoisotopic (exact) mass is 239 g/mol. The Morgan fingerprint density at radius 2 is 1.82 bits per heavy atom. The van der Waals surface area contributed by atoms with E-state index in [1.165, 1.54) is 4.90 Å². The lowest BCUT2D eigenvalue weighted by molar-refractivity contribution is -0.142. The van der Waals surface area contributed by atoms with Gasteiger partial charge in [0.2, 0.25) is 0 Å². The maximum absolute atomic E-state index is 10.6. The minimum atomic E-state index is -1.09. The van der Waals surface area contributed by atoms with Crippen LogP contribution in [0.1, 0.15) is 5.69 Å². The molecule has 0 aliphatic heterocycles. The number of aliphatic carboxylic acids is 2. The van der Waals surface area contributed by atoms with Crippen molar-refractivity contribution >= 4 is 17.8 Å². The van der Waals surface area contributed by atoms with E-state index in [1.807, 2.05) is 0 Å². The molecule has 0 atom stereocenters. The molecule has 0 bridgehead atoms. The Hall–Kier alpha value is -2.15. The molecular formula is C10H13N3O4. The SMILES string of the molecule is Nc1cccc(CN(CC(=O)O)CC(=O)O)n1. The summed E-state index contributed by atoms with van der Waals surface area (Å²) < 4.78 is 0. The van der Waals surface area contributed by atoms with Crippen LogP contribution in [-0.2, 0) is 16.1 Å². The number of aromatic nitrogens is 1. The molecule has 0 aliphatic rings. The van der Waals surface area contributed by atoms with Crippen molar-refractivity contribution in [3.63, 3.8) is 0 Å². The van der Waals surface area contributed by atoms with Crippen LogP contribution in [0.4, 0.5) is 5.82 Å². The molecule has 1 aromatic rings. The van der Waals surface area contributed by atoms with Crippen LogP contribution in [0.2, 0.25) is 0 Å². The van der Waals surface area contributed by atoms with Crippen molar-refractivity contribution in [2.24, 2.45) is 0 Å². The van der Waals surface area contributed by atoms with E-state index in [0.717, 1.165) is 0 Å². The van der Waals surface area contributed by atoms with E-state index in [4.69, 9.17) is 15.9 Å². The first-order valence-corrected chi connectivity index (χ1v) is 4.84. The van der Waals surface area contributed by atoms with E-state index in [2.05, 4.69) is 4.98 Å². The Morgan fingerprint density at radius 1 is 1.24 bits per heavy atom. The van der Waals surface area contributed by atoms with Crippen LogP contribution in [-0.4, -0.2) is 45.1 Å². The number of hydrogen-bond donors (Lipinski definition) is 3. The fraction of sp³-hybridized carbons (Fsp3) is 0.300. The van der Waals surface area contributed by atoms with E-state index < -0.39 is 11.9 Å². The number of nitrogens with zero attached hydrogens (tertiary/aromatic N) is 2. The van der Waals surface area contributed by atoms with Gasteiger partial charge in [0, 0.05) is 6.54 Å². The quantitative estimate of drug-likeness (QED) is 0.620. The number of carboxylic acid groups (broad SMARTS) is 2. The molecule has 7 nitrogen and oxygen atoms in total. The average molecular weight is 239 g/mol. The van der Waals surface area contributed by atoms with Crippen molar-refractivity contribution in [2.45, 2.75) is 6.54 Å². The van der Waals surface area contributed by atoms with Crippen molar-refractivity contribution in [2.75, 3.05) is 18.8 Å². The zero-order valence-electron chi connectivity index (χ0n) is 9.04. The lowest BCUT2D eigenvalue weighted by Crippen LogP contribution is -2.34. The number of hydrogen-bond acceptors (Lipinski definition) is 5. The minimum absolute atomic E-state index is 0.129. The normalized spacial score (nSPS) is 10.4. The van der Waals surface area contributed by atoms with Gasteiger partial charge < -0.3 is 15.9 Å². The molecule has 0 amide bonds. The lowest BCUT2D eigenvalue weighted by Gasteiger charge is -2.17. The first-order chi connectivity index (χ1) is 7.97. The number of pyridine rings is 1. The number of nitrogens with two attached hydrogens (primary N) is 1. The third-order valence-electron chi connectivity index (χ3n) is 1.93. The first-order valence-electron chi connectivity index (χ1n) is 4.84. The molecule has 0 fully saturated rings. The predicted molar refractivity (Wildman–Crippen MR) is 59.2 cm³/mol. The maximum Gasteiger partial charge on any atom is 0.317 e. The van der Waals surface area contributed by atoms with Crippen LogP contribution in [0.3, 0.4) is 0 Å². The summed E-state index contributed by atoms with van der Waals surface area (Å²) in [5, 5.41) is 17.3. The van der Waals surface area contributed by atoms with Crippen LogP contribution in [0.15, 0.2) is 18.2 Å². The van der Waals surface area contributed by atoms with Crippen molar-refractivity contribution in [3.8, 4) is 0 Å². The summed E-state index contributed by atoms with van der Waals surface area (Å²) >= 11 is 0. The molecule has 0 radical (unpaired) electrons. The largest absolute Gasteiger partial charge is 0.480 e. The Bertz CT molecular complexity index is 406. The highest BCUT2D eigenvalue weighted by atomic mass is 16.4. The van der Waals surface area contributed by atoms with E-state index in [1.54, 1.807) is 18.2 Å². The maximum atomic E-state index is 10.6. The van der Waals surface area contributed by atoms with Gasteiger partial charge in [-0.05, 0) is 12.1 Å². The summed E-state index contributed by atoms with van der Waals surface area (Å²) in [5.41, 5.74) is 6.01. The highest BCUT2D eigenvalue weighted by Crippen LogP contribution is 2.04. The van der Waals surface area contributed by atoms with Gasteiger partial charge in [-0.3, -0.25) is 14.5 Å². The van der Waals surface area contributed by atoms with Gasteiger partial charge in [0.05, 0.1) is 18.8 Å². The molecule has 4 N–H and O–H groups in total. The molecule has 0 unspecified atom stereocenters. The predicted octanol–water partition coefficient (Wildman–Crippen LogP) is -0.365. The van der Waals surface area contributed by atoms with Gasteiger partial charge in [-0.1, -0.05) is 6.07 Å². The Kier molecular flexibility index (Phi) is 4.41. The minimum Gasteiger partial charge on any atom is -0.480 e. The van der Waals surface area contributed by atoms with E-state index >= 15 is 0 Å². The lowest BCUT2D eigenvalue weighted by atomic mass is 10.3. The molecular weight excluding hydrogens is 226 g/mol. The molecule has 0 saturated carbocycles. The van der Waals surface area contributed by atoms with Crippen LogP contribution < -0.4 is 5.73 Å². The van der Waals surface area contributed by atoms with Crippen LogP contribution in [0.25, 0.3) is 0 Å². The summed E-state index contributed by atoms with van der Waals surface area (Å²) in [6.45, 7) is -0.588. The molecule has 0 aromatic carbocycles. The second kappa shape index (κ2) is 5.80. The van der Waals surface area contributed by atoms with Crippen molar-refractivity contribution in [3.05, 3.63) is 23.9 Å². The number of rotatable bonds is 6. The second-order valence-electron chi connectivity index (χ2n) is 3.49. The van der Waals surface area contributed by atoms with E-state index in [9.17, 15) is 9.59 Å². The molecule has 1 heterocycles. The summed E-state index contributed by atoms with van der Waals surface area (Å²) in [5.74, 6) is -1.86. The molecule has 0 aliphatic carbocycles. The van der Waals surface area contributed by atoms with Crippen molar-refractivity contribution in [1.29, 1.82) is 0 Å². The van der Waals surface area contributed by atoms with Gasteiger partial charge in [-0.15, -0.1) is 0 Å². The van der Waals surface area contributed by atoms with Gasteiger partial charge in [0.15, 0.2) is 0 Å². The number of nitrogen functional groups attached to an aromatic ring is 1. The van der Waals surface area contributed by atoms with Crippen molar-refractivity contribution in [1.82, 2.24) is 9.88 Å². The molecule has 0 spiro atoms. The van der Waals surface area contributed by atoms with Crippen LogP contribution in [0, 0.1) is 0 Å². The zero-order chi connectivity index (χ0) is 12.8. The van der Waals surface area contributed by atoms with Crippen molar-refractivity contribution < 1.29 is 19.8 Å². The standard InChI is InChI=1S/C10H13N3O4/c11-8-3-1-2-7(12-8)4-13(5-9(14)15)6-10(16)17/h1-3H,4-6H2,(H2,11,12)(H,14,15)(H,16,17). The third-order valence-corrected chi connectivity index (χ3v) is 1.93. The Balaban J connectivity index is 2.71. The first kappa shape index (κ1) is 12.9. The second-order valence-corrected chi connectivity index (χ2v) is 3.49. The summed E-state index contributed by atoms with van der Waals surface area (Å²) in [6, 6.07) is 4.94. The van der Waals surface area contributed by atoms with Crippen LogP contribution in [0.5, 0.6) is 0 Å². The highest BCUT2D eigenvalue weighted by molar-refractivity contribution is 5.72. The topological polar surface area (TPSA) is 117 Å². The molecule has 7 heteroatoms. The third kappa shape index (κ3) is 4.94. The van der Waals surface area contributed by atoms with Gasteiger partial charge in [-0.25, -0.2) is 4.98 Å². The number of carboxylic acids is 2. The Morgan fingerprint density at radius 3 is 2.29 bits per heavy atom. The Labute approximate surface area is 97.5 Å². The molecule has 92 valence electrons. The fourth-order valence-electron chi connectivity index (χ4n) is 1.37. The fourth-order valence-corrected chi connectivity index (χ4v) is 1.37. The van der Waals surface area contributed by atoms with Crippen LogP contribution >= 0.6 is 0 Å².